The van der Waals surface area contributed by atoms with Crippen molar-refractivity contribution < 1.29 is 0 Å². The second-order valence-corrected chi connectivity index (χ2v) is 4.60. The zero-order chi connectivity index (χ0) is 15.9. The highest BCUT2D eigenvalue weighted by atomic mass is 14.9. The molecule has 2 aromatic heterocycles. The summed E-state index contributed by atoms with van der Waals surface area (Å²) < 4.78 is 0. The van der Waals surface area contributed by atoms with E-state index in [1.54, 1.807) is 24.7 Å². The lowest BCUT2D eigenvalue weighted by molar-refractivity contribution is 1.17. The molecule has 3 aromatic rings. The van der Waals surface area contributed by atoms with Crippen LogP contribution in [0.25, 0.3) is 22.5 Å². The summed E-state index contributed by atoms with van der Waals surface area (Å²) in [6, 6.07) is 12.0. The molecule has 2 N–H and O–H groups in total. The first-order valence-electron chi connectivity index (χ1n) is 7.34. The van der Waals surface area contributed by atoms with Crippen molar-refractivity contribution in [2.75, 3.05) is 5.73 Å². The van der Waals surface area contributed by atoms with Crippen LogP contribution in [0.2, 0.25) is 0 Å². The third kappa shape index (κ3) is 3.47. The number of nitrogens with zero attached hydrogens (tertiary/aromatic N) is 3. The number of anilines is 1. The van der Waals surface area contributed by atoms with Crippen LogP contribution >= 0.6 is 0 Å². The van der Waals surface area contributed by atoms with Gasteiger partial charge in [0.1, 0.15) is 5.82 Å². The van der Waals surface area contributed by atoms with Gasteiger partial charge in [-0.2, -0.15) is 0 Å². The average molecular weight is 292 g/mol. The maximum absolute atomic E-state index is 5.93. The molecule has 0 amide bonds. The molecule has 4 nitrogen and oxygen atoms in total. The molecule has 0 bridgehead atoms. The van der Waals surface area contributed by atoms with E-state index in [4.69, 9.17) is 5.73 Å². The van der Waals surface area contributed by atoms with Gasteiger partial charge in [0.25, 0.3) is 0 Å². The zero-order valence-electron chi connectivity index (χ0n) is 13.1. The Morgan fingerprint density at radius 1 is 0.864 bits per heavy atom. The quantitative estimate of drug-likeness (QED) is 0.771. The molecule has 3 rings (SSSR count). The number of pyridine rings is 1. The normalized spacial score (nSPS) is 9.77. The molecule has 0 atom stereocenters. The van der Waals surface area contributed by atoms with Gasteiger partial charge in [0.05, 0.1) is 5.56 Å². The fourth-order valence-electron chi connectivity index (χ4n) is 2.00. The largest absolute Gasteiger partial charge is 0.383 e. The number of nitrogen functional groups attached to an aromatic ring is 1. The van der Waals surface area contributed by atoms with Crippen LogP contribution in [0, 0.1) is 6.92 Å². The van der Waals surface area contributed by atoms with E-state index in [1.165, 1.54) is 5.56 Å². The van der Waals surface area contributed by atoms with Crippen molar-refractivity contribution in [3.63, 3.8) is 0 Å². The van der Waals surface area contributed by atoms with Crippen molar-refractivity contribution >= 4 is 5.82 Å². The number of hydrogen-bond donors (Lipinski definition) is 1. The van der Waals surface area contributed by atoms with E-state index >= 15 is 0 Å². The van der Waals surface area contributed by atoms with Gasteiger partial charge in [0.15, 0.2) is 5.82 Å². The Bertz CT molecular complexity index is 722. The third-order valence-electron chi connectivity index (χ3n) is 3.11. The van der Waals surface area contributed by atoms with Crippen molar-refractivity contribution in [1.29, 1.82) is 0 Å². The van der Waals surface area contributed by atoms with E-state index in [0.717, 1.165) is 16.7 Å². The van der Waals surface area contributed by atoms with E-state index < -0.39 is 0 Å². The summed E-state index contributed by atoms with van der Waals surface area (Å²) in [5.41, 5.74) is 10.0. The summed E-state index contributed by atoms with van der Waals surface area (Å²) in [6.07, 6.45) is 5.16. The molecule has 0 saturated carbocycles. The summed E-state index contributed by atoms with van der Waals surface area (Å²) in [5, 5.41) is 0. The van der Waals surface area contributed by atoms with Crippen molar-refractivity contribution in [2.45, 2.75) is 20.8 Å². The van der Waals surface area contributed by atoms with Crippen LogP contribution < -0.4 is 5.73 Å². The highest BCUT2D eigenvalue weighted by molar-refractivity contribution is 5.75. The fourth-order valence-corrected chi connectivity index (χ4v) is 2.00. The molecule has 0 unspecified atom stereocenters. The summed E-state index contributed by atoms with van der Waals surface area (Å²) in [7, 11) is 0. The topological polar surface area (TPSA) is 64.7 Å². The van der Waals surface area contributed by atoms with Crippen molar-refractivity contribution in [2.24, 2.45) is 0 Å². The van der Waals surface area contributed by atoms with Gasteiger partial charge in [-0.05, 0) is 24.6 Å². The molecular weight excluding hydrogens is 272 g/mol. The van der Waals surface area contributed by atoms with Gasteiger partial charge >= 0.3 is 0 Å². The van der Waals surface area contributed by atoms with Gasteiger partial charge in [-0.1, -0.05) is 43.7 Å². The van der Waals surface area contributed by atoms with Gasteiger partial charge in [-0.3, -0.25) is 0 Å². The average Bonchev–Trinajstić information content (AvgIpc) is 2.59. The lowest BCUT2D eigenvalue weighted by Crippen LogP contribution is -1.97. The lowest BCUT2D eigenvalue weighted by atomic mass is 10.0. The van der Waals surface area contributed by atoms with Gasteiger partial charge in [-0.25, -0.2) is 15.0 Å². The Hall–Kier alpha value is -2.75. The van der Waals surface area contributed by atoms with E-state index in [9.17, 15) is 0 Å². The minimum atomic E-state index is 0.437. The SMILES string of the molecule is CC.Cc1ccc(-c2cnc(N)c(-c3ncccn3)c2)cc1. The molecule has 0 fully saturated rings. The second-order valence-electron chi connectivity index (χ2n) is 4.60. The Labute approximate surface area is 131 Å². The number of hydrogen-bond acceptors (Lipinski definition) is 4. The van der Waals surface area contributed by atoms with Crippen molar-refractivity contribution in [3.05, 3.63) is 60.6 Å². The molecule has 0 spiro atoms. The zero-order valence-corrected chi connectivity index (χ0v) is 13.1. The first kappa shape index (κ1) is 15.6. The van der Waals surface area contributed by atoms with Crippen LogP contribution in [-0.4, -0.2) is 15.0 Å². The molecular formula is C18H20N4. The molecule has 22 heavy (non-hydrogen) atoms. The summed E-state index contributed by atoms with van der Waals surface area (Å²) in [6.45, 7) is 6.06. The Morgan fingerprint density at radius 3 is 2.14 bits per heavy atom. The highest BCUT2D eigenvalue weighted by Gasteiger charge is 2.08. The molecule has 2 heterocycles. The summed E-state index contributed by atoms with van der Waals surface area (Å²) in [4.78, 5) is 12.7. The summed E-state index contributed by atoms with van der Waals surface area (Å²) >= 11 is 0. The Balaban J connectivity index is 0.000000847. The number of aryl methyl sites for hydroxylation is 1. The minimum absolute atomic E-state index is 0.437. The third-order valence-corrected chi connectivity index (χ3v) is 3.11. The van der Waals surface area contributed by atoms with Crippen LogP contribution in [0.15, 0.2) is 55.0 Å². The first-order valence-corrected chi connectivity index (χ1v) is 7.34. The smallest absolute Gasteiger partial charge is 0.162 e. The van der Waals surface area contributed by atoms with Crippen LogP contribution in [0.4, 0.5) is 5.82 Å². The van der Waals surface area contributed by atoms with Crippen LogP contribution in [0.3, 0.4) is 0 Å². The van der Waals surface area contributed by atoms with E-state index in [2.05, 4.69) is 46.1 Å². The molecule has 0 aliphatic heterocycles. The Morgan fingerprint density at radius 2 is 1.50 bits per heavy atom. The van der Waals surface area contributed by atoms with E-state index in [0.29, 0.717) is 11.6 Å². The molecule has 0 aliphatic carbocycles. The molecule has 4 heteroatoms. The standard InChI is InChI=1S/C16H14N4.C2H6/c1-11-3-5-12(6-4-11)13-9-14(15(17)20-10-13)16-18-7-2-8-19-16;1-2/h2-10H,1H3,(H2,17,20);1-2H3. The fraction of sp³-hybridized carbons (Fsp3) is 0.167. The van der Waals surface area contributed by atoms with Crippen molar-refractivity contribution in [1.82, 2.24) is 15.0 Å². The second kappa shape index (κ2) is 7.31. The maximum Gasteiger partial charge on any atom is 0.162 e. The molecule has 1 aromatic carbocycles. The number of rotatable bonds is 2. The van der Waals surface area contributed by atoms with Crippen LogP contribution in [-0.2, 0) is 0 Å². The highest BCUT2D eigenvalue weighted by Crippen LogP contribution is 2.27. The van der Waals surface area contributed by atoms with Gasteiger partial charge in [-0.15, -0.1) is 0 Å². The predicted molar refractivity (Wildman–Crippen MR) is 91.2 cm³/mol. The monoisotopic (exact) mass is 292 g/mol. The maximum atomic E-state index is 5.93. The number of aromatic nitrogens is 3. The molecule has 112 valence electrons. The molecule has 0 radical (unpaired) electrons. The van der Waals surface area contributed by atoms with Crippen LogP contribution in [0.5, 0.6) is 0 Å². The number of nitrogens with two attached hydrogens (primary N) is 1. The predicted octanol–water partition coefficient (Wildman–Crippen LogP) is 4.12. The van der Waals surface area contributed by atoms with E-state index in [1.807, 2.05) is 19.9 Å². The van der Waals surface area contributed by atoms with Crippen molar-refractivity contribution in [3.8, 4) is 22.5 Å². The molecule has 0 saturated heterocycles. The lowest BCUT2D eigenvalue weighted by Gasteiger charge is -2.07. The number of benzene rings is 1. The van der Waals surface area contributed by atoms with Crippen LogP contribution in [0.1, 0.15) is 19.4 Å². The van der Waals surface area contributed by atoms with Gasteiger partial charge in [0.2, 0.25) is 0 Å². The van der Waals surface area contributed by atoms with E-state index in [-0.39, 0.29) is 0 Å². The summed E-state index contributed by atoms with van der Waals surface area (Å²) in [5.74, 6) is 1.03. The first-order chi connectivity index (χ1) is 10.7. The van der Waals surface area contributed by atoms with Gasteiger partial charge < -0.3 is 5.73 Å². The molecule has 0 aliphatic rings. The minimum Gasteiger partial charge on any atom is -0.383 e. The van der Waals surface area contributed by atoms with Gasteiger partial charge in [0, 0.05) is 24.2 Å². The Kier molecular flexibility index (Phi) is 5.20.